The maximum Gasteiger partial charge on any atom is 0.387 e. The molecule has 1 aromatic heterocycles. The zero-order valence-electron chi connectivity index (χ0n) is 12.5. The first kappa shape index (κ1) is 17.1. The van der Waals surface area contributed by atoms with Gasteiger partial charge in [0.25, 0.3) is 5.91 Å². The summed E-state index contributed by atoms with van der Waals surface area (Å²) in [4.78, 5) is 12.3. The van der Waals surface area contributed by atoms with Crippen LogP contribution >= 0.6 is 11.3 Å². The molecule has 0 spiro atoms. The van der Waals surface area contributed by atoms with Crippen molar-refractivity contribution in [3.05, 3.63) is 52.2 Å². The van der Waals surface area contributed by atoms with Crippen LogP contribution in [0, 0.1) is 0 Å². The molecule has 0 aliphatic carbocycles. The van der Waals surface area contributed by atoms with Gasteiger partial charge in [-0.2, -0.15) is 13.9 Å². The lowest BCUT2D eigenvalue weighted by atomic mass is 10.1. The third-order valence-electron chi connectivity index (χ3n) is 3.02. The monoisotopic (exact) mass is 338 g/mol. The summed E-state index contributed by atoms with van der Waals surface area (Å²) in [5.74, 6) is -0.0924. The second-order valence-corrected chi connectivity index (χ2v) is 5.74. The van der Waals surface area contributed by atoms with Crippen molar-refractivity contribution in [3.63, 3.8) is 0 Å². The smallest absolute Gasteiger partial charge is 0.387 e. The van der Waals surface area contributed by atoms with Gasteiger partial charge < -0.3 is 4.74 Å². The normalized spacial score (nSPS) is 11.6. The fourth-order valence-electron chi connectivity index (χ4n) is 1.83. The van der Waals surface area contributed by atoms with Crippen LogP contribution < -0.4 is 10.2 Å². The summed E-state index contributed by atoms with van der Waals surface area (Å²) in [6, 6.07) is 10.0. The lowest BCUT2D eigenvalue weighted by molar-refractivity contribution is -0.0498. The van der Waals surface area contributed by atoms with Gasteiger partial charge in [0.05, 0.1) is 4.88 Å². The molecular formula is C16H16F2N2O2S. The van der Waals surface area contributed by atoms with Crippen molar-refractivity contribution in [1.29, 1.82) is 0 Å². The number of ether oxygens (including phenoxy) is 1. The Morgan fingerprint density at radius 3 is 2.65 bits per heavy atom. The fourth-order valence-corrected chi connectivity index (χ4v) is 2.44. The van der Waals surface area contributed by atoms with Crippen LogP contribution in [0.1, 0.15) is 28.6 Å². The molecule has 7 heteroatoms. The number of amides is 1. The SMILES string of the molecule is C/C(CCc1ccc(OC(F)F)cc1)=N/NC(=O)c1cccs1. The van der Waals surface area contributed by atoms with Crippen LogP contribution in [0.2, 0.25) is 0 Å². The van der Waals surface area contributed by atoms with Crippen molar-refractivity contribution in [1.82, 2.24) is 5.43 Å². The number of alkyl halides is 2. The summed E-state index contributed by atoms with van der Waals surface area (Å²) in [6.07, 6.45) is 1.35. The maximum absolute atomic E-state index is 12.1. The lowest BCUT2D eigenvalue weighted by Gasteiger charge is -2.06. The number of nitrogens with one attached hydrogen (secondary N) is 1. The van der Waals surface area contributed by atoms with E-state index in [9.17, 15) is 13.6 Å². The number of rotatable bonds is 7. The minimum Gasteiger partial charge on any atom is -0.435 e. The Morgan fingerprint density at radius 1 is 1.30 bits per heavy atom. The molecule has 0 fully saturated rings. The molecule has 1 amide bonds. The molecule has 0 unspecified atom stereocenters. The van der Waals surface area contributed by atoms with Gasteiger partial charge in [0.1, 0.15) is 5.75 Å². The van der Waals surface area contributed by atoms with Gasteiger partial charge >= 0.3 is 6.61 Å². The Balaban J connectivity index is 1.80. The van der Waals surface area contributed by atoms with Crippen molar-refractivity contribution in [2.24, 2.45) is 5.10 Å². The Hall–Kier alpha value is -2.28. The third-order valence-corrected chi connectivity index (χ3v) is 3.89. The number of hydrogen-bond acceptors (Lipinski definition) is 4. The number of carbonyl (C=O) groups is 1. The fraction of sp³-hybridized carbons (Fsp3) is 0.250. The summed E-state index contributed by atoms with van der Waals surface area (Å²) in [5, 5.41) is 5.88. The molecule has 0 saturated carbocycles. The third kappa shape index (κ3) is 5.78. The van der Waals surface area contributed by atoms with E-state index in [1.54, 1.807) is 24.3 Å². The minimum atomic E-state index is -2.82. The highest BCUT2D eigenvalue weighted by atomic mass is 32.1. The number of thiophene rings is 1. The van der Waals surface area contributed by atoms with Crippen LogP contribution in [0.3, 0.4) is 0 Å². The van der Waals surface area contributed by atoms with Crippen molar-refractivity contribution >= 4 is 23.0 Å². The Kier molecular flexibility index (Phi) is 6.22. The summed E-state index contributed by atoms with van der Waals surface area (Å²) in [6.45, 7) is -0.995. The quantitative estimate of drug-likeness (QED) is 0.611. The predicted octanol–water partition coefficient (Wildman–Crippen LogP) is 4.09. The van der Waals surface area contributed by atoms with E-state index < -0.39 is 6.61 Å². The van der Waals surface area contributed by atoms with E-state index in [2.05, 4.69) is 15.3 Å². The Bertz CT molecular complexity index is 655. The maximum atomic E-state index is 12.1. The molecule has 2 aromatic rings. The van der Waals surface area contributed by atoms with Crippen molar-refractivity contribution in [3.8, 4) is 5.75 Å². The zero-order chi connectivity index (χ0) is 16.7. The van der Waals surface area contributed by atoms with Crippen molar-refractivity contribution in [2.45, 2.75) is 26.4 Å². The van der Waals surface area contributed by atoms with Gasteiger partial charge in [-0.1, -0.05) is 18.2 Å². The van der Waals surface area contributed by atoms with Gasteiger partial charge in [-0.05, 0) is 48.9 Å². The van der Waals surface area contributed by atoms with E-state index in [0.29, 0.717) is 17.7 Å². The average molecular weight is 338 g/mol. The molecule has 1 aromatic carbocycles. The van der Waals surface area contributed by atoms with Gasteiger partial charge in [-0.15, -0.1) is 11.3 Å². The second kappa shape index (κ2) is 8.38. The van der Waals surface area contributed by atoms with E-state index in [1.807, 2.05) is 12.3 Å². The van der Waals surface area contributed by atoms with Gasteiger partial charge in [-0.25, -0.2) is 5.43 Å². The molecule has 1 heterocycles. The van der Waals surface area contributed by atoms with Crippen LogP contribution in [0.15, 0.2) is 46.9 Å². The van der Waals surface area contributed by atoms with Gasteiger partial charge in [0.15, 0.2) is 0 Å². The molecule has 0 aliphatic rings. The number of carbonyl (C=O) groups excluding carboxylic acids is 1. The minimum absolute atomic E-state index is 0.136. The highest BCUT2D eigenvalue weighted by Crippen LogP contribution is 2.16. The highest BCUT2D eigenvalue weighted by Gasteiger charge is 2.06. The predicted molar refractivity (Wildman–Crippen MR) is 86.3 cm³/mol. The first-order valence-electron chi connectivity index (χ1n) is 6.95. The highest BCUT2D eigenvalue weighted by molar-refractivity contribution is 7.12. The number of halogens is 2. The molecule has 0 bridgehead atoms. The van der Waals surface area contributed by atoms with Gasteiger partial charge in [0, 0.05) is 5.71 Å². The number of hydrogen-bond donors (Lipinski definition) is 1. The molecular weight excluding hydrogens is 322 g/mol. The Morgan fingerprint density at radius 2 is 2.04 bits per heavy atom. The lowest BCUT2D eigenvalue weighted by Crippen LogP contribution is -2.18. The molecule has 2 rings (SSSR count). The summed E-state index contributed by atoms with van der Waals surface area (Å²) >= 11 is 1.35. The Labute approximate surface area is 136 Å². The summed E-state index contributed by atoms with van der Waals surface area (Å²) < 4.78 is 28.4. The largest absolute Gasteiger partial charge is 0.435 e. The zero-order valence-corrected chi connectivity index (χ0v) is 13.3. The van der Waals surface area contributed by atoms with Gasteiger partial charge in [-0.3, -0.25) is 4.79 Å². The first-order valence-corrected chi connectivity index (χ1v) is 7.83. The van der Waals surface area contributed by atoms with Crippen molar-refractivity contribution in [2.75, 3.05) is 0 Å². The van der Waals surface area contributed by atoms with E-state index in [4.69, 9.17) is 0 Å². The molecule has 1 N–H and O–H groups in total. The van der Waals surface area contributed by atoms with Crippen LogP contribution in [0.5, 0.6) is 5.75 Å². The molecule has 0 saturated heterocycles. The van der Waals surface area contributed by atoms with Gasteiger partial charge in [0.2, 0.25) is 0 Å². The van der Waals surface area contributed by atoms with E-state index >= 15 is 0 Å². The van der Waals surface area contributed by atoms with Crippen LogP contribution in [-0.2, 0) is 6.42 Å². The standard InChI is InChI=1S/C16H16F2N2O2S/c1-11(19-20-15(21)14-3-2-10-23-14)4-5-12-6-8-13(9-7-12)22-16(17)18/h2-3,6-10,16H,4-5H2,1H3,(H,20,21)/b19-11-. The number of nitrogens with zero attached hydrogens (tertiary/aromatic N) is 1. The number of benzene rings is 1. The van der Waals surface area contributed by atoms with Crippen LogP contribution in [0.4, 0.5) is 8.78 Å². The van der Waals surface area contributed by atoms with E-state index in [0.717, 1.165) is 11.3 Å². The molecule has 4 nitrogen and oxygen atoms in total. The number of hydrazone groups is 1. The first-order chi connectivity index (χ1) is 11.0. The molecule has 122 valence electrons. The van der Waals surface area contributed by atoms with Crippen molar-refractivity contribution < 1.29 is 18.3 Å². The molecule has 0 aliphatic heterocycles. The van der Waals surface area contributed by atoms with E-state index in [1.165, 1.54) is 23.5 Å². The molecule has 0 radical (unpaired) electrons. The summed E-state index contributed by atoms with van der Waals surface area (Å²) in [7, 11) is 0. The number of aryl methyl sites for hydroxylation is 1. The van der Waals surface area contributed by atoms with Crippen LogP contribution in [0.25, 0.3) is 0 Å². The molecule has 23 heavy (non-hydrogen) atoms. The topological polar surface area (TPSA) is 50.7 Å². The van der Waals surface area contributed by atoms with Crippen LogP contribution in [-0.4, -0.2) is 18.2 Å². The molecule has 0 atom stereocenters. The van der Waals surface area contributed by atoms with E-state index in [-0.39, 0.29) is 11.7 Å². The summed E-state index contributed by atoms with van der Waals surface area (Å²) in [5.41, 5.74) is 4.27. The average Bonchev–Trinajstić information content (AvgIpc) is 3.06. The second-order valence-electron chi connectivity index (χ2n) is 4.79.